The molecule has 0 radical (unpaired) electrons. The van der Waals surface area contributed by atoms with Gasteiger partial charge in [0, 0.05) is 56.8 Å². The molecular formula is C21H31N5O2S. The molecule has 3 heterocycles. The van der Waals surface area contributed by atoms with Crippen LogP contribution in [-0.4, -0.2) is 89.6 Å². The fourth-order valence-corrected chi connectivity index (χ4v) is 5.43. The molecule has 158 valence electrons. The van der Waals surface area contributed by atoms with E-state index in [2.05, 4.69) is 15.5 Å². The molecule has 4 rings (SSSR count). The molecule has 3 amide bonds. The molecule has 0 aromatic heterocycles. The molecule has 0 spiro atoms. The number of nitrogens with one attached hydrogen (secondary N) is 2. The monoisotopic (exact) mass is 417 g/mol. The van der Waals surface area contributed by atoms with Crippen LogP contribution in [0.3, 0.4) is 0 Å². The second-order valence-corrected chi connectivity index (χ2v) is 9.28. The van der Waals surface area contributed by atoms with Crippen molar-refractivity contribution in [2.45, 2.75) is 32.4 Å². The Morgan fingerprint density at radius 1 is 1.07 bits per heavy atom. The molecule has 2 N–H and O–H groups in total. The van der Waals surface area contributed by atoms with Crippen molar-refractivity contribution in [1.82, 2.24) is 20.0 Å². The first kappa shape index (κ1) is 20.5. The average Bonchev–Trinajstić information content (AvgIpc) is 3.43. The van der Waals surface area contributed by atoms with Crippen LogP contribution in [0, 0.1) is 13.8 Å². The van der Waals surface area contributed by atoms with Gasteiger partial charge >= 0.3 is 6.03 Å². The van der Waals surface area contributed by atoms with Gasteiger partial charge in [0.15, 0.2) is 0 Å². The number of amides is 3. The summed E-state index contributed by atoms with van der Waals surface area (Å²) in [4.78, 5) is 31.6. The van der Waals surface area contributed by atoms with Crippen molar-refractivity contribution in [3.05, 3.63) is 29.3 Å². The molecule has 3 fully saturated rings. The van der Waals surface area contributed by atoms with Gasteiger partial charge in [-0.3, -0.25) is 9.69 Å². The molecule has 1 aromatic rings. The topological polar surface area (TPSA) is 67.9 Å². The molecule has 0 unspecified atom stereocenters. The number of hydrogen-bond donors (Lipinski definition) is 2. The highest BCUT2D eigenvalue weighted by Crippen LogP contribution is 2.22. The summed E-state index contributed by atoms with van der Waals surface area (Å²) in [5.41, 5.74) is 3.09. The smallest absolute Gasteiger partial charge is 0.321 e. The molecule has 29 heavy (non-hydrogen) atoms. The van der Waals surface area contributed by atoms with Crippen molar-refractivity contribution in [3.63, 3.8) is 0 Å². The van der Waals surface area contributed by atoms with Crippen LogP contribution in [0.5, 0.6) is 0 Å². The molecule has 0 aliphatic carbocycles. The zero-order valence-corrected chi connectivity index (χ0v) is 18.1. The third-order valence-electron chi connectivity index (χ3n) is 6.30. The number of rotatable bonds is 3. The number of hydrogen-bond acceptors (Lipinski definition) is 5. The van der Waals surface area contributed by atoms with Gasteiger partial charge < -0.3 is 20.4 Å². The number of thioether (sulfide) groups is 1. The van der Waals surface area contributed by atoms with Gasteiger partial charge in [-0.1, -0.05) is 18.2 Å². The van der Waals surface area contributed by atoms with Gasteiger partial charge in [0.2, 0.25) is 5.91 Å². The van der Waals surface area contributed by atoms with Gasteiger partial charge in [-0.05, 0) is 31.4 Å². The van der Waals surface area contributed by atoms with Crippen molar-refractivity contribution in [2.24, 2.45) is 0 Å². The van der Waals surface area contributed by atoms with Gasteiger partial charge in [0.25, 0.3) is 0 Å². The maximum Gasteiger partial charge on any atom is 0.321 e. The Bertz CT molecular complexity index is 739. The lowest BCUT2D eigenvalue weighted by Crippen LogP contribution is -2.53. The van der Waals surface area contributed by atoms with Crippen LogP contribution in [0.2, 0.25) is 0 Å². The third kappa shape index (κ3) is 4.54. The summed E-state index contributed by atoms with van der Waals surface area (Å²) < 4.78 is 0. The zero-order valence-electron chi connectivity index (χ0n) is 17.3. The number of aryl methyl sites for hydroxylation is 2. The van der Waals surface area contributed by atoms with E-state index in [-0.39, 0.29) is 18.0 Å². The van der Waals surface area contributed by atoms with E-state index in [1.807, 2.05) is 53.6 Å². The second-order valence-electron chi connectivity index (χ2n) is 8.21. The van der Waals surface area contributed by atoms with E-state index < -0.39 is 0 Å². The SMILES string of the molecule is Cc1cccc(C)c1NC(=O)N1CCN([C@@H]2CN[C@H](C(=O)N3CCSC3)C2)CC1. The predicted octanol–water partition coefficient (Wildman–Crippen LogP) is 1.72. The highest BCUT2D eigenvalue weighted by molar-refractivity contribution is 7.99. The van der Waals surface area contributed by atoms with Crippen molar-refractivity contribution in [2.75, 3.05) is 56.2 Å². The lowest BCUT2D eigenvalue weighted by atomic mass is 10.1. The quantitative estimate of drug-likeness (QED) is 0.784. The molecule has 0 saturated carbocycles. The molecule has 8 heteroatoms. The number of para-hydroxylation sites is 1. The van der Waals surface area contributed by atoms with E-state index in [1.54, 1.807) is 0 Å². The molecule has 2 atom stereocenters. The molecule has 3 aliphatic heterocycles. The predicted molar refractivity (Wildman–Crippen MR) is 117 cm³/mol. The first-order chi connectivity index (χ1) is 14.0. The first-order valence-corrected chi connectivity index (χ1v) is 11.6. The fourth-order valence-electron chi connectivity index (χ4n) is 4.48. The number of benzene rings is 1. The van der Waals surface area contributed by atoms with Gasteiger partial charge in [0.05, 0.1) is 11.9 Å². The fraction of sp³-hybridized carbons (Fsp3) is 0.619. The van der Waals surface area contributed by atoms with Gasteiger partial charge in [-0.2, -0.15) is 0 Å². The van der Waals surface area contributed by atoms with E-state index in [0.717, 1.165) is 61.0 Å². The summed E-state index contributed by atoms with van der Waals surface area (Å²) in [5, 5.41) is 6.51. The Labute approximate surface area is 177 Å². The summed E-state index contributed by atoms with van der Waals surface area (Å²) >= 11 is 1.83. The molecule has 1 aromatic carbocycles. The number of nitrogens with zero attached hydrogens (tertiary/aromatic N) is 3. The summed E-state index contributed by atoms with van der Waals surface area (Å²) in [6.07, 6.45) is 0.870. The van der Waals surface area contributed by atoms with Crippen molar-refractivity contribution < 1.29 is 9.59 Å². The van der Waals surface area contributed by atoms with Crippen molar-refractivity contribution >= 4 is 29.4 Å². The summed E-state index contributed by atoms with van der Waals surface area (Å²) in [5.74, 6) is 2.13. The van der Waals surface area contributed by atoms with Gasteiger partial charge in [-0.25, -0.2) is 4.79 Å². The second kappa shape index (κ2) is 8.93. The maximum atomic E-state index is 12.7. The maximum absolute atomic E-state index is 12.7. The number of carbonyl (C=O) groups excluding carboxylic acids is 2. The molecule has 7 nitrogen and oxygen atoms in total. The Morgan fingerprint density at radius 3 is 2.45 bits per heavy atom. The van der Waals surface area contributed by atoms with Crippen LogP contribution in [0.25, 0.3) is 0 Å². The third-order valence-corrected chi connectivity index (χ3v) is 7.27. The minimum absolute atomic E-state index is 0.0221. The molecular weight excluding hydrogens is 386 g/mol. The summed E-state index contributed by atoms with van der Waals surface area (Å²) in [7, 11) is 0. The largest absolute Gasteiger partial charge is 0.331 e. The van der Waals surface area contributed by atoms with Crippen molar-refractivity contribution in [1.29, 1.82) is 0 Å². The lowest BCUT2D eigenvalue weighted by molar-refractivity contribution is -0.131. The van der Waals surface area contributed by atoms with Crippen LogP contribution < -0.4 is 10.6 Å². The van der Waals surface area contributed by atoms with Crippen molar-refractivity contribution in [3.8, 4) is 0 Å². The highest BCUT2D eigenvalue weighted by Gasteiger charge is 2.37. The van der Waals surface area contributed by atoms with Gasteiger partial charge in [-0.15, -0.1) is 11.8 Å². The minimum Gasteiger partial charge on any atom is -0.331 e. The Hall–Kier alpha value is -1.77. The number of carbonyl (C=O) groups is 2. The van der Waals surface area contributed by atoms with Crippen LogP contribution in [0.4, 0.5) is 10.5 Å². The Morgan fingerprint density at radius 2 is 1.79 bits per heavy atom. The zero-order chi connectivity index (χ0) is 20.4. The minimum atomic E-state index is -0.0518. The number of piperazine rings is 1. The van der Waals surface area contributed by atoms with E-state index in [1.165, 1.54) is 0 Å². The average molecular weight is 418 g/mol. The highest BCUT2D eigenvalue weighted by atomic mass is 32.2. The van der Waals surface area contributed by atoms with Crippen LogP contribution in [0.1, 0.15) is 17.5 Å². The van der Waals surface area contributed by atoms with Gasteiger partial charge in [0.1, 0.15) is 0 Å². The molecule has 3 aliphatic rings. The van der Waals surface area contributed by atoms with E-state index in [9.17, 15) is 9.59 Å². The summed E-state index contributed by atoms with van der Waals surface area (Å²) in [6.45, 7) is 8.91. The van der Waals surface area contributed by atoms with E-state index in [4.69, 9.17) is 0 Å². The molecule has 0 bridgehead atoms. The first-order valence-electron chi connectivity index (χ1n) is 10.5. The van der Waals surface area contributed by atoms with Crippen LogP contribution >= 0.6 is 11.8 Å². The van der Waals surface area contributed by atoms with Crippen LogP contribution in [-0.2, 0) is 4.79 Å². The van der Waals surface area contributed by atoms with E-state index in [0.29, 0.717) is 19.1 Å². The molecule has 3 saturated heterocycles. The Kier molecular flexibility index (Phi) is 6.32. The summed E-state index contributed by atoms with van der Waals surface area (Å²) in [6, 6.07) is 6.35. The number of anilines is 1. The normalized spacial score (nSPS) is 25.4. The van der Waals surface area contributed by atoms with E-state index >= 15 is 0 Å². The Balaban J connectivity index is 1.26. The number of urea groups is 1. The van der Waals surface area contributed by atoms with Crippen LogP contribution in [0.15, 0.2) is 18.2 Å². The standard InChI is InChI=1S/C21H31N5O2S/c1-15-4-3-5-16(2)19(15)23-21(28)25-8-6-24(7-9-25)17-12-18(22-13-17)20(27)26-10-11-29-14-26/h3-5,17-18,22H,6-14H2,1-2H3,(H,23,28)/t17-,18-/m0/s1. The lowest BCUT2D eigenvalue weighted by Gasteiger charge is -2.38.